The van der Waals surface area contributed by atoms with E-state index in [0.29, 0.717) is 18.0 Å². The zero-order chi connectivity index (χ0) is 18.8. The standard InChI is InChI=1S/C19H20N2O5/c1-3-25-12-11-16-15(9-10-17(20-16)18(22)24-2)21-19(23)26-13-14-7-5-4-6-8-14/h4-12H,3,13H2,1-2H3,(H,21,23)/b12-11+. The van der Waals surface area contributed by atoms with E-state index in [2.05, 4.69) is 15.0 Å². The fourth-order valence-corrected chi connectivity index (χ4v) is 2.00. The number of anilines is 1. The Kier molecular flexibility index (Phi) is 7.17. The zero-order valence-electron chi connectivity index (χ0n) is 14.6. The van der Waals surface area contributed by atoms with Crippen molar-refractivity contribution in [2.45, 2.75) is 13.5 Å². The van der Waals surface area contributed by atoms with E-state index in [4.69, 9.17) is 9.47 Å². The smallest absolute Gasteiger partial charge is 0.412 e. The summed E-state index contributed by atoms with van der Waals surface area (Å²) >= 11 is 0. The molecule has 0 unspecified atom stereocenters. The highest BCUT2D eigenvalue weighted by molar-refractivity contribution is 5.91. The number of hydrogen-bond acceptors (Lipinski definition) is 6. The molecule has 0 aliphatic carbocycles. The first-order valence-corrected chi connectivity index (χ1v) is 7.99. The number of nitrogens with zero attached hydrogens (tertiary/aromatic N) is 1. The number of esters is 1. The van der Waals surface area contributed by atoms with Crippen molar-refractivity contribution in [1.29, 1.82) is 0 Å². The van der Waals surface area contributed by atoms with Gasteiger partial charge in [-0.15, -0.1) is 0 Å². The van der Waals surface area contributed by atoms with E-state index in [9.17, 15) is 9.59 Å². The van der Waals surface area contributed by atoms with E-state index in [1.807, 2.05) is 37.3 Å². The van der Waals surface area contributed by atoms with E-state index in [0.717, 1.165) is 5.56 Å². The number of ether oxygens (including phenoxy) is 3. The Morgan fingerprint density at radius 1 is 1.15 bits per heavy atom. The van der Waals surface area contributed by atoms with Gasteiger partial charge in [0.15, 0.2) is 0 Å². The third-order valence-corrected chi connectivity index (χ3v) is 3.26. The number of carbonyl (C=O) groups excluding carboxylic acids is 2. The number of nitrogens with one attached hydrogen (secondary N) is 1. The zero-order valence-corrected chi connectivity index (χ0v) is 14.6. The molecule has 26 heavy (non-hydrogen) atoms. The van der Waals surface area contributed by atoms with Gasteiger partial charge in [0.1, 0.15) is 12.3 Å². The van der Waals surface area contributed by atoms with Gasteiger partial charge in [0.25, 0.3) is 0 Å². The number of aromatic nitrogens is 1. The molecule has 2 rings (SSSR count). The Labute approximate surface area is 151 Å². The van der Waals surface area contributed by atoms with Crippen molar-refractivity contribution in [1.82, 2.24) is 4.98 Å². The van der Waals surface area contributed by atoms with Crippen LogP contribution in [0.25, 0.3) is 6.08 Å². The maximum Gasteiger partial charge on any atom is 0.412 e. The summed E-state index contributed by atoms with van der Waals surface area (Å²) in [5, 5.41) is 2.61. The molecular formula is C19H20N2O5. The molecule has 1 N–H and O–H groups in total. The fraction of sp³-hybridized carbons (Fsp3) is 0.211. The Morgan fingerprint density at radius 2 is 1.92 bits per heavy atom. The largest absolute Gasteiger partial charge is 0.501 e. The molecule has 2 aromatic rings. The normalized spacial score (nSPS) is 10.4. The second-order valence-electron chi connectivity index (χ2n) is 5.07. The minimum absolute atomic E-state index is 0.117. The van der Waals surface area contributed by atoms with E-state index in [1.165, 1.54) is 19.4 Å². The summed E-state index contributed by atoms with van der Waals surface area (Å²) in [7, 11) is 1.27. The van der Waals surface area contributed by atoms with Crippen LogP contribution < -0.4 is 5.32 Å². The van der Waals surface area contributed by atoms with Crippen molar-refractivity contribution >= 4 is 23.8 Å². The molecule has 7 nitrogen and oxygen atoms in total. The second-order valence-corrected chi connectivity index (χ2v) is 5.07. The number of amides is 1. The first-order chi connectivity index (χ1) is 12.6. The highest BCUT2D eigenvalue weighted by atomic mass is 16.5. The summed E-state index contributed by atoms with van der Waals surface area (Å²) in [5.74, 6) is -0.575. The van der Waals surface area contributed by atoms with Gasteiger partial charge in [-0.2, -0.15) is 0 Å². The molecule has 0 bridgehead atoms. The Hall–Kier alpha value is -3.35. The van der Waals surface area contributed by atoms with Gasteiger partial charge < -0.3 is 14.2 Å². The number of hydrogen-bond donors (Lipinski definition) is 1. The quantitative estimate of drug-likeness (QED) is 0.602. The monoisotopic (exact) mass is 356 g/mol. The van der Waals surface area contributed by atoms with Gasteiger partial charge in [-0.25, -0.2) is 14.6 Å². The molecule has 0 radical (unpaired) electrons. The lowest BCUT2D eigenvalue weighted by atomic mass is 10.2. The second kappa shape index (κ2) is 9.83. The highest BCUT2D eigenvalue weighted by Crippen LogP contribution is 2.17. The predicted octanol–water partition coefficient (Wildman–Crippen LogP) is 3.62. The van der Waals surface area contributed by atoms with Crippen molar-refractivity contribution in [2.24, 2.45) is 0 Å². The Balaban J connectivity index is 2.10. The van der Waals surface area contributed by atoms with Gasteiger partial charge in [-0.1, -0.05) is 30.3 Å². The van der Waals surface area contributed by atoms with Crippen LogP contribution in [0.3, 0.4) is 0 Å². The van der Waals surface area contributed by atoms with Crippen LogP contribution in [0.4, 0.5) is 10.5 Å². The summed E-state index contributed by atoms with van der Waals surface area (Å²) in [6, 6.07) is 12.3. The van der Waals surface area contributed by atoms with Gasteiger partial charge in [0.05, 0.1) is 31.4 Å². The van der Waals surface area contributed by atoms with Crippen LogP contribution in [0.15, 0.2) is 48.7 Å². The fourth-order valence-electron chi connectivity index (χ4n) is 2.00. The van der Waals surface area contributed by atoms with Gasteiger partial charge >= 0.3 is 12.1 Å². The third kappa shape index (κ3) is 5.62. The maximum absolute atomic E-state index is 12.0. The Morgan fingerprint density at radius 3 is 2.62 bits per heavy atom. The van der Waals surface area contributed by atoms with Gasteiger partial charge in [0.2, 0.25) is 0 Å². The summed E-state index contributed by atoms with van der Waals surface area (Å²) in [6.45, 7) is 2.46. The van der Waals surface area contributed by atoms with Gasteiger partial charge in [-0.3, -0.25) is 5.32 Å². The van der Waals surface area contributed by atoms with Crippen LogP contribution in [0, 0.1) is 0 Å². The van der Waals surface area contributed by atoms with Gasteiger partial charge in [0, 0.05) is 6.08 Å². The first kappa shape index (κ1) is 19.0. The lowest BCUT2D eigenvalue weighted by molar-refractivity contribution is 0.0594. The van der Waals surface area contributed by atoms with E-state index in [-0.39, 0.29) is 12.3 Å². The molecule has 0 aliphatic heterocycles. The molecule has 0 spiro atoms. The number of benzene rings is 1. The molecule has 1 aromatic carbocycles. The molecule has 0 saturated heterocycles. The molecule has 7 heteroatoms. The van der Waals surface area contributed by atoms with Crippen LogP contribution in [-0.4, -0.2) is 30.8 Å². The molecule has 0 saturated carbocycles. The first-order valence-electron chi connectivity index (χ1n) is 7.99. The Bertz CT molecular complexity index is 775. The SMILES string of the molecule is CCO/C=C/c1nc(C(=O)OC)ccc1NC(=O)OCc1ccccc1. The van der Waals surface area contributed by atoms with E-state index >= 15 is 0 Å². The lowest BCUT2D eigenvalue weighted by Crippen LogP contribution is -2.15. The summed E-state index contributed by atoms with van der Waals surface area (Å²) < 4.78 is 15.0. The van der Waals surface area contributed by atoms with Crippen LogP contribution in [-0.2, 0) is 20.8 Å². The molecule has 136 valence electrons. The highest BCUT2D eigenvalue weighted by Gasteiger charge is 2.13. The van der Waals surface area contributed by atoms with Crippen molar-refractivity contribution in [3.05, 3.63) is 65.7 Å². The number of methoxy groups -OCH3 is 1. The topological polar surface area (TPSA) is 86.8 Å². The molecule has 1 heterocycles. The summed E-state index contributed by atoms with van der Waals surface area (Å²) in [4.78, 5) is 27.8. The molecule has 0 fully saturated rings. The average molecular weight is 356 g/mol. The van der Waals surface area contributed by atoms with Crippen LogP contribution in [0.2, 0.25) is 0 Å². The molecule has 0 aliphatic rings. The molecule has 1 amide bonds. The molecule has 1 aromatic heterocycles. The van der Waals surface area contributed by atoms with Crippen LogP contribution in [0.1, 0.15) is 28.7 Å². The number of rotatable bonds is 7. The van der Waals surface area contributed by atoms with Gasteiger partial charge in [-0.05, 0) is 24.6 Å². The minimum Gasteiger partial charge on any atom is -0.501 e. The minimum atomic E-state index is -0.632. The summed E-state index contributed by atoms with van der Waals surface area (Å²) in [6.07, 6.45) is 2.35. The van der Waals surface area contributed by atoms with Crippen LogP contribution in [0.5, 0.6) is 0 Å². The summed E-state index contributed by atoms with van der Waals surface area (Å²) in [5.41, 5.74) is 1.72. The van der Waals surface area contributed by atoms with E-state index < -0.39 is 12.1 Å². The number of pyridine rings is 1. The number of carbonyl (C=O) groups is 2. The lowest BCUT2D eigenvalue weighted by Gasteiger charge is -2.10. The maximum atomic E-state index is 12.0. The van der Waals surface area contributed by atoms with Crippen molar-refractivity contribution in [3.63, 3.8) is 0 Å². The van der Waals surface area contributed by atoms with Crippen molar-refractivity contribution < 1.29 is 23.8 Å². The van der Waals surface area contributed by atoms with E-state index in [1.54, 1.807) is 12.1 Å². The average Bonchev–Trinajstić information content (AvgIpc) is 2.68. The predicted molar refractivity (Wildman–Crippen MR) is 96.5 cm³/mol. The molecule has 0 atom stereocenters. The van der Waals surface area contributed by atoms with Crippen molar-refractivity contribution in [3.8, 4) is 0 Å². The third-order valence-electron chi connectivity index (χ3n) is 3.26. The van der Waals surface area contributed by atoms with Crippen LogP contribution >= 0.6 is 0 Å². The van der Waals surface area contributed by atoms with Crippen molar-refractivity contribution in [2.75, 3.05) is 19.0 Å². The molecular weight excluding hydrogens is 336 g/mol.